The lowest BCUT2D eigenvalue weighted by atomic mass is 9.96. The molecule has 0 bridgehead atoms. The third kappa shape index (κ3) is 6.00. The van der Waals surface area contributed by atoms with E-state index >= 15 is 0 Å². The van der Waals surface area contributed by atoms with E-state index in [1.807, 2.05) is 0 Å². The molecule has 1 aliphatic rings. The number of amides is 1. The van der Waals surface area contributed by atoms with E-state index in [0.29, 0.717) is 5.92 Å². The third-order valence-corrected chi connectivity index (χ3v) is 3.25. The second kappa shape index (κ2) is 9.55. The molecule has 0 spiro atoms. The van der Waals surface area contributed by atoms with Crippen LogP contribution in [0.2, 0.25) is 0 Å². The molecule has 0 aromatic heterocycles. The minimum absolute atomic E-state index is 0. The highest BCUT2D eigenvalue weighted by molar-refractivity contribution is 5.85. The first-order valence-electron chi connectivity index (χ1n) is 6.22. The van der Waals surface area contributed by atoms with Crippen molar-refractivity contribution >= 4 is 18.3 Å². The van der Waals surface area contributed by atoms with Gasteiger partial charge in [0.2, 0.25) is 5.91 Å². The highest BCUT2D eigenvalue weighted by Crippen LogP contribution is 2.18. The van der Waals surface area contributed by atoms with Crippen LogP contribution in [0.3, 0.4) is 0 Å². The minimum atomic E-state index is -0.542. The van der Waals surface area contributed by atoms with Crippen LogP contribution in [0, 0.1) is 5.92 Å². The second-order valence-corrected chi connectivity index (χ2v) is 4.67. The lowest BCUT2D eigenvalue weighted by Gasteiger charge is -2.26. The van der Waals surface area contributed by atoms with Crippen LogP contribution >= 0.6 is 12.4 Å². The summed E-state index contributed by atoms with van der Waals surface area (Å²) in [7, 11) is 3.35. The maximum atomic E-state index is 11.8. The molecule has 1 saturated heterocycles. The van der Waals surface area contributed by atoms with Crippen molar-refractivity contribution in [3.63, 3.8) is 0 Å². The van der Waals surface area contributed by atoms with Gasteiger partial charge in [0, 0.05) is 33.9 Å². The van der Waals surface area contributed by atoms with Gasteiger partial charge in [0.05, 0.1) is 6.61 Å². The Hall–Kier alpha value is -0.360. The predicted octanol–water partition coefficient (Wildman–Crippen LogP) is 0.657. The van der Waals surface area contributed by atoms with Gasteiger partial charge in [-0.15, -0.1) is 12.4 Å². The number of nitrogens with two attached hydrogens (primary N) is 1. The van der Waals surface area contributed by atoms with Crippen molar-refractivity contribution < 1.29 is 14.3 Å². The van der Waals surface area contributed by atoms with E-state index in [2.05, 4.69) is 0 Å². The van der Waals surface area contributed by atoms with Crippen LogP contribution in [0.15, 0.2) is 0 Å². The molecule has 5 nitrogen and oxygen atoms in total. The molecule has 1 amide bonds. The molecule has 6 heteroatoms. The summed E-state index contributed by atoms with van der Waals surface area (Å²) in [6, 6.07) is -0.542. The van der Waals surface area contributed by atoms with Gasteiger partial charge < -0.3 is 20.1 Å². The topological polar surface area (TPSA) is 64.8 Å². The first-order chi connectivity index (χ1) is 8.15. The van der Waals surface area contributed by atoms with Gasteiger partial charge in [-0.25, -0.2) is 0 Å². The van der Waals surface area contributed by atoms with Crippen molar-refractivity contribution in [2.75, 3.05) is 40.5 Å². The van der Waals surface area contributed by atoms with Crippen molar-refractivity contribution in [1.29, 1.82) is 0 Å². The zero-order valence-corrected chi connectivity index (χ0v) is 12.1. The summed E-state index contributed by atoms with van der Waals surface area (Å²) in [5, 5.41) is 0. The van der Waals surface area contributed by atoms with Crippen molar-refractivity contribution in [2.24, 2.45) is 11.7 Å². The minimum Gasteiger partial charge on any atom is -0.383 e. The molecule has 0 aromatic carbocycles. The van der Waals surface area contributed by atoms with Gasteiger partial charge >= 0.3 is 0 Å². The monoisotopic (exact) mass is 280 g/mol. The Balaban J connectivity index is 0.00000289. The zero-order valence-electron chi connectivity index (χ0n) is 11.3. The Morgan fingerprint density at radius 2 is 2.11 bits per heavy atom. The average molecular weight is 281 g/mol. The van der Waals surface area contributed by atoms with Crippen LogP contribution in [-0.2, 0) is 14.3 Å². The Morgan fingerprint density at radius 3 is 2.67 bits per heavy atom. The second-order valence-electron chi connectivity index (χ2n) is 4.67. The van der Waals surface area contributed by atoms with Crippen LogP contribution in [0.4, 0.5) is 0 Å². The highest BCUT2D eigenvalue weighted by atomic mass is 35.5. The molecule has 1 rings (SSSR count). The molecule has 18 heavy (non-hydrogen) atoms. The third-order valence-electron chi connectivity index (χ3n) is 3.25. The van der Waals surface area contributed by atoms with Crippen molar-refractivity contribution in [3.05, 3.63) is 0 Å². The zero-order chi connectivity index (χ0) is 12.7. The molecule has 0 radical (unpaired) electrons. The first kappa shape index (κ1) is 17.6. The maximum absolute atomic E-state index is 11.8. The standard InChI is InChI=1S/C12H24N2O3.ClH/c1-14(12(15)11(13)9-16-2)6-3-10-4-7-17-8-5-10;/h10-11H,3-9,13H2,1-2H3;1H. The van der Waals surface area contributed by atoms with Crippen LogP contribution < -0.4 is 5.73 Å². The lowest BCUT2D eigenvalue weighted by Crippen LogP contribution is -2.45. The number of rotatable bonds is 6. The molecule has 1 aliphatic heterocycles. The van der Waals surface area contributed by atoms with Gasteiger partial charge in [-0.05, 0) is 25.2 Å². The van der Waals surface area contributed by atoms with E-state index in [4.69, 9.17) is 15.2 Å². The fourth-order valence-corrected chi connectivity index (χ4v) is 2.06. The lowest BCUT2D eigenvalue weighted by molar-refractivity contribution is -0.132. The summed E-state index contributed by atoms with van der Waals surface area (Å²) in [5.74, 6) is 0.636. The predicted molar refractivity (Wildman–Crippen MR) is 72.9 cm³/mol. The summed E-state index contributed by atoms with van der Waals surface area (Å²) < 4.78 is 10.2. The molecule has 1 atom stereocenters. The average Bonchev–Trinajstić information content (AvgIpc) is 2.36. The number of hydrogen-bond acceptors (Lipinski definition) is 4. The normalized spacial score (nSPS) is 17.9. The summed E-state index contributed by atoms with van der Waals surface area (Å²) in [6.07, 6.45) is 3.24. The fourth-order valence-electron chi connectivity index (χ4n) is 2.06. The van der Waals surface area contributed by atoms with Gasteiger partial charge in [-0.2, -0.15) is 0 Å². The largest absolute Gasteiger partial charge is 0.383 e. The first-order valence-corrected chi connectivity index (χ1v) is 6.22. The Kier molecular flexibility index (Phi) is 9.36. The van der Waals surface area contributed by atoms with Crippen molar-refractivity contribution in [2.45, 2.75) is 25.3 Å². The summed E-state index contributed by atoms with van der Waals surface area (Å²) >= 11 is 0. The summed E-state index contributed by atoms with van der Waals surface area (Å²) in [4.78, 5) is 13.5. The van der Waals surface area contributed by atoms with E-state index in [1.165, 1.54) is 0 Å². The number of carbonyl (C=O) groups is 1. The van der Waals surface area contributed by atoms with E-state index < -0.39 is 6.04 Å². The number of halogens is 1. The van der Waals surface area contributed by atoms with E-state index in [1.54, 1.807) is 19.1 Å². The van der Waals surface area contributed by atoms with Crippen LogP contribution in [-0.4, -0.2) is 57.4 Å². The van der Waals surface area contributed by atoms with Crippen LogP contribution in [0.1, 0.15) is 19.3 Å². The smallest absolute Gasteiger partial charge is 0.241 e. The number of ether oxygens (including phenoxy) is 2. The van der Waals surface area contributed by atoms with Gasteiger partial charge in [-0.3, -0.25) is 4.79 Å². The molecule has 1 heterocycles. The summed E-state index contributed by atoms with van der Waals surface area (Å²) in [5.41, 5.74) is 5.70. The quantitative estimate of drug-likeness (QED) is 0.776. The molecular weight excluding hydrogens is 256 g/mol. The molecular formula is C12H25ClN2O3. The number of methoxy groups -OCH3 is 1. The number of likely N-dealkylation sites (N-methyl/N-ethyl adjacent to an activating group) is 1. The number of hydrogen-bond donors (Lipinski definition) is 1. The van der Waals surface area contributed by atoms with Gasteiger partial charge in [0.1, 0.15) is 6.04 Å². The molecule has 0 aromatic rings. The molecule has 0 aliphatic carbocycles. The molecule has 1 unspecified atom stereocenters. The number of nitrogens with zero attached hydrogens (tertiary/aromatic N) is 1. The van der Waals surface area contributed by atoms with E-state index in [9.17, 15) is 4.79 Å². The molecule has 0 saturated carbocycles. The summed E-state index contributed by atoms with van der Waals surface area (Å²) in [6.45, 7) is 2.75. The van der Waals surface area contributed by atoms with Crippen molar-refractivity contribution in [1.82, 2.24) is 4.90 Å². The van der Waals surface area contributed by atoms with Crippen molar-refractivity contribution in [3.8, 4) is 0 Å². The Bertz CT molecular complexity index is 235. The SMILES string of the molecule is COCC(N)C(=O)N(C)CCC1CCOCC1.Cl. The van der Waals surface area contributed by atoms with Crippen LogP contribution in [0.5, 0.6) is 0 Å². The maximum Gasteiger partial charge on any atom is 0.241 e. The molecule has 2 N–H and O–H groups in total. The van der Waals surface area contributed by atoms with E-state index in [0.717, 1.165) is 39.0 Å². The highest BCUT2D eigenvalue weighted by Gasteiger charge is 2.19. The van der Waals surface area contributed by atoms with E-state index in [-0.39, 0.29) is 24.9 Å². The van der Waals surface area contributed by atoms with Gasteiger partial charge in [0.25, 0.3) is 0 Å². The van der Waals surface area contributed by atoms with Gasteiger partial charge in [-0.1, -0.05) is 0 Å². The molecule has 1 fully saturated rings. The number of carbonyl (C=O) groups excluding carboxylic acids is 1. The van der Waals surface area contributed by atoms with Gasteiger partial charge in [0.15, 0.2) is 0 Å². The molecule has 108 valence electrons. The fraction of sp³-hybridized carbons (Fsp3) is 0.917. The Labute approximate surface area is 115 Å². The Morgan fingerprint density at radius 1 is 1.50 bits per heavy atom. The van der Waals surface area contributed by atoms with Crippen LogP contribution in [0.25, 0.3) is 0 Å².